The van der Waals surface area contributed by atoms with Crippen molar-refractivity contribution in [1.82, 2.24) is 9.97 Å². The molecule has 7 heteroatoms. The first-order valence-corrected chi connectivity index (χ1v) is 8.27. The number of amides is 1. The van der Waals surface area contributed by atoms with Gasteiger partial charge in [0.25, 0.3) is 5.91 Å². The van der Waals surface area contributed by atoms with Crippen LogP contribution < -0.4 is 10.6 Å². The van der Waals surface area contributed by atoms with Crippen LogP contribution in [0, 0.1) is 12.7 Å². The molecule has 0 bridgehead atoms. The third-order valence-corrected chi connectivity index (χ3v) is 4.07. The van der Waals surface area contributed by atoms with Gasteiger partial charge in [-0.1, -0.05) is 35.9 Å². The highest BCUT2D eigenvalue weighted by Gasteiger charge is 2.10. The number of aryl methyl sites for hydroxylation is 1. The Labute approximate surface area is 155 Å². The summed E-state index contributed by atoms with van der Waals surface area (Å²) in [6.45, 7) is 2.65. The molecule has 0 saturated carbocycles. The van der Waals surface area contributed by atoms with Crippen LogP contribution in [0.2, 0.25) is 5.02 Å². The van der Waals surface area contributed by atoms with E-state index < -0.39 is 11.7 Å². The lowest BCUT2D eigenvalue weighted by Crippen LogP contribution is -2.14. The molecule has 2 aromatic carbocycles. The fraction of sp³-hybridized carbons (Fsp3) is 0.105. The summed E-state index contributed by atoms with van der Waals surface area (Å²) in [5, 5.41) is 5.70. The zero-order valence-electron chi connectivity index (χ0n) is 14.0. The molecule has 0 atom stereocenters. The van der Waals surface area contributed by atoms with E-state index in [0.717, 1.165) is 5.56 Å². The Morgan fingerprint density at radius 2 is 1.96 bits per heavy atom. The normalized spacial score (nSPS) is 10.4. The Morgan fingerprint density at radius 3 is 2.65 bits per heavy atom. The van der Waals surface area contributed by atoms with Gasteiger partial charge in [-0.25, -0.2) is 14.4 Å². The van der Waals surface area contributed by atoms with Gasteiger partial charge in [-0.05, 0) is 36.2 Å². The summed E-state index contributed by atoms with van der Waals surface area (Å²) in [5.74, 6) is -0.436. The second-order valence-corrected chi connectivity index (χ2v) is 6.06. The van der Waals surface area contributed by atoms with Gasteiger partial charge in [-0.3, -0.25) is 4.79 Å². The van der Waals surface area contributed by atoms with Gasteiger partial charge < -0.3 is 10.6 Å². The molecular weight excluding hydrogens is 355 g/mol. The Bertz CT molecular complexity index is 931. The van der Waals surface area contributed by atoms with Crippen LogP contribution in [0.15, 0.2) is 54.9 Å². The standard InChI is InChI=1S/C19H16ClFN4O/c1-12-4-2-3-5-13(12)9-23-18-11-22-17(10-24-18)19(26)25-14-6-7-16(21)15(20)8-14/h2-8,10-11H,9H2,1H3,(H,23,24)(H,25,26). The van der Waals surface area contributed by atoms with Crippen molar-refractivity contribution in [1.29, 1.82) is 0 Å². The number of carbonyl (C=O) groups excluding carboxylic acids is 1. The van der Waals surface area contributed by atoms with Crippen molar-refractivity contribution < 1.29 is 9.18 Å². The van der Waals surface area contributed by atoms with Gasteiger partial charge in [-0.15, -0.1) is 0 Å². The van der Waals surface area contributed by atoms with Gasteiger partial charge >= 0.3 is 0 Å². The smallest absolute Gasteiger partial charge is 0.275 e. The number of benzene rings is 2. The predicted octanol–water partition coefficient (Wildman–Crippen LogP) is 4.44. The van der Waals surface area contributed by atoms with E-state index >= 15 is 0 Å². The average molecular weight is 371 g/mol. The van der Waals surface area contributed by atoms with Crippen molar-refractivity contribution in [3.05, 3.63) is 82.5 Å². The lowest BCUT2D eigenvalue weighted by molar-refractivity contribution is 0.102. The molecule has 0 aliphatic carbocycles. The number of hydrogen-bond donors (Lipinski definition) is 2. The highest BCUT2D eigenvalue weighted by Crippen LogP contribution is 2.19. The van der Waals surface area contributed by atoms with Gasteiger partial charge in [0, 0.05) is 12.2 Å². The second kappa shape index (κ2) is 7.93. The molecule has 5 nitrogen and oxygen atoms in total. The molecule has 1 heterocycles. The van der Waals surface area contributed by atoms with Crippen LogP contribution in [0.4, 0.5) is 15.9 Å². The van der Waals surface area contributed by atoms with Crippen molar-refractivity contribution >= 4 is 29.0 Å². The van der Waals surface area contributed by atoms with Crippen molar-refractivity contribution in [3.8, 4) is 0 Å². The first-order valence-electron chi connectivity index (χ1n) is 7.90. The lowest BCUT2D eigenvalue weighted by Gasteiger charge is -2.09. The Hall–Kier alpha value is -2.99. The summed E-state index contributed by atoms with van der Waals surface area (Å²) in [6.07, 6.45) is 2.87. The van der Waals surface area contributed by atoms with Gasteiger partial charge in [0.15, 0.2) is 0 Å². The van der Waals surface area contributed by atoms with Gasteiger partial charge in [0.1, 0.15) is 17.3 Å². The number of hydrogen-bond acceptors (Lipinski definition) is 4. The number of anilines is 2. The predicted molar refractivity (Wildman–Crippen MR) is 99.9 cm³/mol. The Morgan fingerprint density at radius 1 is 1.15 bits per heavy atom. The topological polar surface area (TPSA) is 66.9 Å². The first kappa shape index (κ1) is 17.8. The molecule has 1 amide bonds. The van der Waals surface area contributed by atoms with Crippen LogP contribution >= 0.6 is 11.6 Å². The van der Waals surface area contributed by atoms with Gasteiger partial charge in [0.05, 0.1) is 17.4 Å². The summed E-state index contributed by atoms with van der Waals surface area (Å²) >= 11 is 5.70. The molecule has 2 N–H and O–H groups in total. The molecule has 0 unspecified atom stereocenters. The Kier molecular flexibility index (Phi) is 5.43. The van der Waals surface area contributed by atoms with Crippen LogP contribution in [0.5, 0.6) is 0 Å². The van der Waals surface area contributed by atoms with Crippen LogP contribution in [0.1, 0.15) is 21.6 Å². The van der Waals surface area contributed by atoms with Crippen molar-refractivity contribution in [2.24, 2.45) is 0 Å². The van der Waals surface area contributed by atoms with E-state index in [1.54, 1.807) is 0 Å². The van der Waals surface area contributed by atoms with Gasteiger partial charge in [-0.2, -0.15) is 0 Å². The minimum Gasteiger partial charge on any atom is -0.365 e. The van der Waals surface area contributed by atoms with Crippen molar-refractivity contribution in [2.45, 2.75) is 13.5 Å². The maximum Gasteiger partial charge on any atom is 0.275 e. The molecule has 0 aliphatic heterocycles. The zero-order chi connectivity index (χ0) is 18.5. The fourth-order valence-corrected chi connectivity index (χ4v) is 2.48. The molecule has 3 rings (SSSR count). The fourth-order valence-electron chi connectivity index (χ4n) is 2.30. The quantitative estimate of drug-likeness (QED) is 0.696. The van der Waals surface area contributed by atoms with Crippen LogP contribution in [0.25, 0.3) is 0 Å². The minimum atomic E-state index is -0.548. The van der Waals surface area contributed by atoms with E-state index in [0.29, 0.717) is 18.1 Å². The zero-order valence-corrected chi connectivity index (χ0v) is 14.7. The molecule has 3 aromatic rings. The van der Waals surface area contributed by atoms with E-state index in [9.17, 15) is 9.18 Å². The summed E-state index contributed by atoms with van der Waals surface area (Å²) in [5.41, 5.74) is 2.86. The maximum atomic E-state index is 13.1. The molecule has 1 aromatic heterocycles. The van der Waals surface area contributed by atoms with Crippen molar-refractivity contribution in [3.63, 3.8) is 0 Å². The molecule has 0 aliphatic rings. The average Bonchev–Trinajstić information content (AvgIpc) is 2.64. The molecule has 0 radical (unpaired) electrons. The van der Waals surface area contributed by atoms with Crippen LogP contribution in [-0.2, 0) is 6.54 Å². The van der Waals surface area contributed by atoms with Crippen molar-refractivity contribution in [2.75, 3.05) is 10.6 Å². The molecule has 0 fully saturated rings. The summed E-state index contributed by atoms with van der Waals surface area (Å²) in [7, 11) is 0. The van der Waals surface area contributed by atoms with Crippen LogP contribution in [0.3, 0.4) is 0 Å². The van der Waals surface area contributed by atoms with E-state index in [2.05, 4.69) is 20.6 Å². The maximum absolute atomic E-state index is 13.1. The number of aromatic nitrogens is 2. The monoisotopic (exact) mass is 370 g/mol. The molecule has 0 spiro atoms. The minimum absolute atomic E-state index is 0.0652. The Balaban J connectivity index is 1.62. The van der Waals surface area contributed by atoms with E-state index in [4.69, 9.17) is 11.6 Å². The summed E-state index contributed by atoms with van der Waals surface area (Å²) < 4.78 is 13.1. The third kappa shape index (κ3) is 4.34. The second-order valence-electron chi connectivity index (χ2n) is 5.65. The van der Waals surface area contributed by atoms with Crippen LogP contribution in [-0.4, -0.2) is 15.9 Å². The largest absolute Gasteiger partial charge is 0.365 e. The lowest BCUT2D eigenvalue weighted by atomic mass is 10.1. The number of rotatable bonds is 5. The molecule has 26 heavy (non-hydrogen) atoms. The molecule has 132 valence electrons. The molecule has 0 saturated heterocycles. The first-order chi connectivity index (χ1) is 12.5. The SMILES string of the molecule is Cc1ccccc1CNc1cnc(C(=O)Nc2ccc(F)c(Cl)c2)cn1. The number of nitrogens with zero attached hydrogens (tertiary/aromatic N) is 2. The number of nitrogens with one attached hydrogen (secondary N) is 2. The van der Waals surface area contributed by atoms with Gasteiger partial charge in [0.2, 0.25) is 0 Å². The van der Waals surface area contributed by atoms with E-state index in [1.165, 1.54) is 36.2 Å². The van der Waals surface area contributed by atoms with E-state index in [-0.39, 0.29) is 10.7 Å². The summed E-state index contributed by atoms with van der Waals surface area (Å²) in [6, 6.07) is 12.0. The number of halogens is 2. The highest BCUT2D eigenvalue weighted by atomic mass is 35.5. The highest BCUT2D eigenvalue weighted by molar-refractivity contribution is 6.31. The molecular formula is C19H16ClFN4O. The third-order valence-electron chi connectivity index (χ3n) is 3.78. The summed E-state index contributed by atoms with van der Waals surface area (Å²) in [4.78, 5) is 20.5. The number of carbonyl (C=O) groups is 1. The van der Waals surface area contributed by atoms with E-state index in [1.807, 2.05) is 31.2 Å².